The van der Waals surface area contributed by atoms with Crippen molar-refractivity contribution in [3.05, 3.63) is 22.7 Å². The van der Waals surface area contributed by atoms with Crippen molar-refractivity contribution >= 4 is 37.6 Å². The molecule has 2 heterocycles. The Morgan fingerprint density at radius 1 is 1.38 bits per heavy atom. The Morgan fingerprint density at radius 3 is 2.54 bits per heavy atom. The fraction of sp³-hybridized carbons (Fsp3) is 0.533. The Kier molecular flexibility index (Phi) is 4.40. The third-order valence-corrected chi connectivity index (χ3v) is 7.47. The monoisotopic (exact) mass is 418 g/mol. The standard InChI is InChI=1S/C15H19BrN2O5S/c1-15(14(20)21)5-7-18(15)24(22,23)11-2-3-13(12(16)8-11)17-6-4-10(19)9-17/h2-3,8,10,19H,4-7,9H2,1H3,(H,20,21). The van der Waals surface area contributed by atoms with Gasteiger partial charge in [0, 0.05) is 24.1 Å². The lowest BCUT2D eigenvalue weighted by Crippen LogP contribution is -2.64. The molecule has 0 aromatic heterocycles. The highest BCUT2D eigenvalue weighted by atomic mass is 79.9. The summed E-state index contributed by atoms with van der Waals surface area (Å²) in [4.78, 5) is 13.4. The van der Waals surface area contributed by atoms with Crippen LogP contribution in [0.25, 0.3) is 0 Å². The molecule has 0 bridgehead atoms. The van der Waals surface area contributed by atoms with Gasteiger partial charge in [-0.05, 0) is 53.9 Å². The predicted molar refractivity (Wildman–Crippen MR) is 91.5 cm³/mol. The van der Waals surface area contributed by atoms with Crippen LogP contribution < -0.4 is 4.90 Å². The third-order valence-electron chi connectivity index (χ3n) is 4.82. The number of anilines is 1. The van der Waals surface area contributed by atoms with Gasteiger partial charge in [0.2, 0.25) is 10.0 Å². The van der Waals surface area contributed by atoms with E-state index in [0.717, 1.165) is 9.99 Å². The van der Waals surface area contributed by atoms with Crippen LogP contribution in [0.4, 0.5) is 5.69 Å². The van der Waals surface area contributed by atoms with E-state index in [-0.39, 0.29) is 17.5 Å². The number of hydrogen-bond acceptors (Lipinski definition) is 5. The summed E-state index contributed by atoms with van der Waals surface area (Å²) in [6.07, 6.45) is 0.599. The summed E-state index contributed by atoms with van der Waals surface area (Å²) in [5, 5.41) is 18.9. The zero-order valence-electron chi connectivity index (χ0n) is 13.1. The fourth-order valence-electron chi connectivity index (χ4n) is 3.13. The first-order valence-corrected chi connectivity index (χ1v) is 9.88. The molecule has 3 rings (SSSR count). The second-order valence-corrected chi connectivity index (χ2v) is 9.12. The van der Waals surface area contributed by atoms with Gasteiger partial charge in [0.1, 0.15) is 5.54 Å². The maximum Gasteiger partial charge on any atom is 0.324 e. The van der Waals surface area contributed by atoms with Crippen LogP contribution in [0.1, 0.15) is 19.8 Å². The lowest BCUT2D eigenvalue weighted by Gasteiger charge is -2.45. The van der Waals surface area contributed by atoms with Crippen LogP contribution >= 0.6 is 15.9 Å². The molecule has 2 fully saturated rings. The number of sulfonamides is 1. The summed E-state index contributed by atoms with van der Waals surface area (Å²) in [5.74, 6) is -1.14. The van der Waals surface area contributed by atoms with Gasteiger partial charge in [0.25, 0.3) is 0 Å². The number of halogens is 1. The second-order valence-electron chi connectivity index (χ2n) is 6.41. The molecule has 24 heavy (non-hydrogen) atoms. The Hall–Kier alpha value is -1.16. The van der Waals surface area contributed by atoms with E-state index in [2.05, 4.69) is 15.9 Å². The zero-order chi connectivity index (χ0) is 17.7. The number of carboxylic acid groups (broad SMARTS) is 1. The van der Waals surface area contributed by atoms with Gasteiger partial charge in [0.15, 0.2) is 0 Å². The van der Waals surface area contributed by atoms with Crippen LogP contribution in [0.2, 0.25) is 0 Å². The van der Waals surface area contributed by atoms with Crippen molar-refractivity contribution in [3.63, 3.8) is 0 Å². The number of benzene rings is 1. The van der Waals surface area contributed by atoms with E-state index in [0.29, 0.717) is 30.4 Å². The summed E-state index contributed by atoms with van der Waals surface area (Å²) >= 11 is 3.39. The first-order valence-electron chi connectivity index (χ1n) is 7.65. The van der Waals surface area contributed by atoms with Crippen LogP contribution in [0.5, 0.6) is 0 Å². The lowest BCUT2D eigenvalue weighted by atomic mass is 9.90. The minimum atomic E-state index is -3.87. The number of aliphatic hydroxyl groups excluding tert-OH is 1. The van der Waals surface area contributed by atoms with Crippen molar-refractivity contribution in [2.24, 2.45) is 0 Å². The largest absolute Gasteiger partial charge is 0.480 e. The molecule has 0 spiro atoms. The van der Waals surface area contributed by atoms with E-state index in [1.807, 2.05) is 4.90 Å². The fourth-order valence-corrected chi connectivity index (χ4v) is 5.70. The normalized spacial score (nSPS) is 28.0. The highest BCUT2D eigenvalue weighted by Gasteiger charge is 2.53. The molecule has 2 atom stereocenters. The maximum absolute atomic E-state index is 12.8. The van der Waals surface area contributed by atoms with Crippen molar-refractivity contribution in [1.29, 1.82) is 0 Å². The van der Waals surface area contributed by atoms with Crippen molar-refractivity contribution in [2.45, 2.75) is 36.3 Å². The number of rotatable bonds is 4. The number of hydrogen-bond donors (Lipinski definition) is 2. The third kappa shape index (κ3) is 2.73. The molecule has 2 unspecified atom stereocenters. The van der Waals surface area contributed by atoms with Crippen LogP contribution in [0, 0.1) is 0 Å². The van der Waals surface area contributed by atoms with Gasteiger partial charge in [-0.1, -0.05) is 0 Å². The maximum atomic E-state index is 12.8. The average molecular weight is 419 g/mol. The van der Waals surface area contributed by atoms with Crippen molar-refractivity contribution in [1.82, 2.24) is 4.31 Å². The predicted octanol–water partition coefficient (Wildman–Crippen LogP) is 1.26. The number of β-amino-alcohol motifs (C(OH)–C–C–N with tert-alkyl or cyclic N) is 1. The van der Waals surface area contributed by atoms with Crippen LogP contribution in [-0.4, -0.2) is 60.2 Å². The van der Waals surface area contributed by atoms with Crippen LogP contribution in [-0.2, 0) is 14.8 Å². The average Bonchev–Trinajstić information content (AvgIpc) is 2.90. The lowest BCUT2D eigenvalue weighted by molar-refractivity contribution is -0.153. The van der Waals surface area contributed by atoms with Gasteiger partial charge < -0.3 is 15.1 Å². The number of aliphatic carboxylic acids is 1. The van der Waals surface area contributed by atoms with Gasteiger partial charge in [-0.25, -0.2) is 8.42 Å². The summed E-state index contributed by atoms with van der Waals surface area (Å²) in [6, 6.07) is 4.67. The number of carbonyl (C=O) groups is 1. The van der Waals surface area contributed by atoms with Crippen molar-refractivity contribution in [2.75, 3.05) is 24.5 Å². The van der Waals surface area contributed by atoms with Gasteiger partial charge >= 0.3 is 5.97 Å². The number of carboxylic acids is 1. The molecular formula is C15H19BrN2O5S. The second kappa shape index (κ2) is 5.98. The first-order chi connectivity index (χ1) is 11.2. The van der Waals surface area contributed by atoms with E-state index in [4.69, 9.17) is 0 Å². The van der Waals surface area contributed by atoms with E-state index in [1.165, 1.54) is 19.1 Å². The minimum Gasteiger partial charge on any atom is -0.480 e. The molecule has 0 saturated carbocycles. The van der Waals surface area contributed by atoms with E-state index in [9.17, 15) is 23.4 Å². The molecule has 1 aromatic rings. The Bertz CT molecular complexity index is 784. The molecule has 0 aliphatic carbocycles. The van der Waals surface area contributed by atoms with E-state index in [1.54, 1.807) is 6.07 Å². The smallest absolute Gasteiger partial charge is 0.324 e. The summed E-state index contributed by atoms with van der Waals surface area (Å²) < 4.78 is 27.2. The van der Waals surface area contributed by atoms with Crippen LogP contribution in [0.3, 0.4) is 0 Å². The number of aliphatic hydroxyl groups is 1. The van der Waals surface area contributed by atoms with Gasteiger partial charge in [0.05, 0.1) is 16.7 Å². The van der Waals surface area contributed by atoms with Gasteiger partial charge in [-0.15, -0.1) is 0 Å². The molecule has 7 nitrogen and oxygen atoms in total. The highest BCUT2D eigenvalue weighted by Crippen LogP contribution is 2.38. The summed E-state index contributed by atoms with van der Waals surface area (Å²) in [5.41, 5.74) is -0.571. The highest BCUT2D eigenvalue weighted by molar-refractivity contribution is 9.10. The minimum absolute atomic E-state index is 0.0602. The van der Waals surface area contributed by atoms with Crippen LogP contribution in [0.15, 0.2) is 27.6 Å². The Balaban J connectivity index is 1.90. The topological polar surface area (TPSA) is 98.2 Å². The van der Waals surface area contributed by atoms with Gasteiger partial charge in [-0.2, -0.15) is 4.31 Å². The SMILES string of the molecule is CC1(C(=O)O)CCN1S(=O)(=O)c1ccc(N2CCC(O)C2)c(Br)c1. The molecule has 2 aliphatic heterocycles. The quantitative estimate of drug-likeness (QED) is 0.763. The molecule has 132 valence electrons. The molecule has 1 aromatic carbocycles. The molecule has 2 N–H and O–H groups in total. The molecule has 2 saturated heterocycles. The molecule has 9 heteroatoms. The Labute approximate surface area is 149 Å². The first kappa shape index (κ1) is 17.7. The molecular weight excluding hydrogens is 400 g/mol. The summed E-state index contributed by atoms with van der Waals surface area (Å²) in [7, 11) is -3.87. The van der Waals surface area contributed by atoms with E-state index < -0.39 is 21.5 Å². The van der Waals surface area contributed by atoms with Gasteiger partial charge in [-0.3, -0.25) is 4.79 Å². The van der Waals surface area contributed by atoms with E-state index >= 15 is 0 Å². The van der Waals surface area contributed by atoms with Crippen molar-refractivity contribution in [3.8, 4) is 0 Å². The molecule has 0 radical (unpaired) electrons. The Morgan fingerprint density at radius 2 is 2.08 bits per heavy atom. The van der Waals surface area contributed by atoms with Crippen molar-refractivity contribution < 1.29 is 23.4 Å². The molecule has 0 amide bonds. The zero-order valence-corrected chi connectivity index (χ0v) is 15.5. The number of nitrogens with zero attached hydrogens (tertiary/aromatic N) is 2. The summed E-state index contributed by atoms with van der Waals surface area (Å²) in [6.45, 7) is 2.83. The molecule has 2 aliphatic rings.